The number of amides is 2. The van der Waals surface area contributed by atoms with Crippen LogP contribution in [0.15, 0.2) is 54.6 Å². The van der Waals surface area contributed by atoms with Gasteiger partial charge in [-0.2, -0.15) is 0 Å². The van der Waals surface area contributed by atoms with Gasteiger partial charge in [0, 0.05) is 25.6 Å². The van der Waals surface area contributed by atoms with Crippen molar-refractivity contribution in [2.24, 2.45) is 0 Å². The fraction of sp³-hybridized carbons (Fsp3) is 0.278. The number of hydrogen-bond donors (Lipinski definition) is 1. The second-order valence-corrected chi connectivity index (χ2v) is 5.63. The summed E-state index contributed by atoms with van der Waals surface area (Å²) in [5, 5.41) is 2.90. The molecule has 0 saturated carbocycles. The molecule has 114 valence electrons. The molecule has 1 unspecified atom stereocenters. The maximum absolute atomic E-state index is 12.8. The number of nitrogens with zero attached hydrogens (tertiary/aromatic N) is 1. The van der Waals surface area contributed by atoms with Crippen LogP contribution in [-0.4, -0.2) is 24.0 Å². The maximum Gasteiger partial charge on any atom is 0.317 e. The first-order chi connectivity index (χ1) is 10.7. The lowest BCUT2D eigenvalue weighted by Gasteiger charge is -2.17. The van der Waals surface area contributed by atoms with Crippen LogP contribution in [0.25, 0.3) is 0 Å². The Kier molecular flexibility index (Phi) is 4.37. The van der Waals surface area contributed by atoms with E-state index in [0.29, 0.717) is 12.5 Å². The van der Waals surface area contributed by atoms with E-state index in [1.54, 1.807) is 12.1 Å². The zero-order valence-electron chi connectivity index (χ0n) is 12.3. The molecule has 1 aliphatic heterocycles. The molecule has 1 saturated heterocycles. The minimum Gasteiger partial charge on any atom is -0.334 e. The molecule has 0 spiro atoms. The third-order valence-corrected chi connectivity index (χ3v) is 4.10. The number of rotatable bonds is 3. The first kappa shape index (κ1) is 14.6. The van der Waals surface area contributed by atoms with Gasteiger partial charge in [-0.1, -0.05) is 42.5 Å². The van der Waals surface area contributed by atoms with E-state index in [4.69, 9.17) is 0 Å². The van der Waals surface area contributed by atoms with E-state index >= 15 is 0 Å². The summed E-state index contributed by atoms with van der Waals surface area (Å²) in [4.78, 5) is 14.1. The van der Waals surface area contributed by atoms with Gasteiger partial charge in [0.15, 0.2) is 0 Å². The smallest absolute Gasteiger partial charge is 0.317 e. The first-order valence-corrected chi connectivity index (χ1v) is 7.54. The molecule has 1 aliphatic rings. The third kappa shape index (κ3) is 3.45. The van der Waals surface area contributed by atoms with Gasteiger partial charge in [0.05, 0.1) is 0 Å². The summed E-state index contributed by atoms with van der Waals surface area (Å²) in [6.45, 7) is 1.94. The Morgan fingerprint density at radius 3 is 2.59 bits per heavy atom. The van der Waals surface area contributed by atoms with Crippen molar-refractivity contribution in [2.45, 2.75) is 18.9 Å². The van der Waals surface area contributed by atoms with Gasteiger partial charge in [0.2, 0.25) is 0 Å². The second-order valence-electron chi connectivity index (χ2n) is 5.63. The topological polar surface area (TPSA) is 32.3 Å². The van der Waals surface area contributed by atoms with Crippen LogP contribution in [0.4, 0.5) is 9.18 Å². The predicted octanol–water partition coefficient (Wildman–Crippen LogP) is 3.52. The van der Waals surface area contributed by atoms with Crippen molar-refractivity contribution in [3.05, 3.63) is 71.5 Å². The normalized spacial score (nSPS) is 17.5. The quantitative estimate of drug-likeness (QED) is 0.924. The van der Waals surface area contributed by atoms with Gasteiger partial charge >= 0.3 is 6.03 Å². The highest BCUT2D eigenvalue weighted by Crippen LogP contribution is 2.26. The summed E-state index contributed by atoms with van der Waals surface area (Å²) >= 11 is 0. The van der Waals surface area contributed by atoms with Gasteiger partial charge < -0.3 is 10.2 Å². The number of nitrogens with one attached hydrogen (secondary N) is 1. The summed E-state index contributed by atoms with van der Waals surface area (Å²) in [5.74, 6) is 0.151. The maximum atomic E-state index is 12.8. The summed E-state index contributed by atoms with van der Waals surface area (Å²) in [7, 11) is 0. The van der Waals surface area contributed by atoms with Crippen LogP contribution in [0.1, 0.15) is 23.5 Å². The Morgan fingerprint density at radius 1 is 1.14 bits per heavy atom. The van der Waals surface area contributed by atoms with Crippen LogP contribution in [0.3, 0.4) is 0 Å². The standard InChI is InChI=1S/C18H19FN2O/c19-17-8-6-14(7-9-17)12-20-18(22)21-11-10-16(13-21)15-4-2-1-3-5-15/h1-9,16H,10-13H2,(H,20,22). The third-order valence-electron chi connectivity index (χ3n) is 4.10. The van der Waals surface area contributed by atoms with E-state index in [1.807, 2.05) is 23.1 Å². The van der Waals surface area contributed by atoms with E-state index in [0.717, 1.165) is 25.1 Å². The van der Waals surface area contributed by atoms with Crippen LogP contribution >= 0.6 is 0 Å². The van der Waals surface area contributed by atoms with Gasteiger partial charge in [-0.05, 0) is 29.7 Å². The molecule has 0 aromatic heterocycles. The Balaban J connectivity index is 1.52. The van der Waals surface area contributed by atoms with Crippen molar-refractivity contribution in [1.29, 1.82) is 0 Å². The molecule has 0 bridgehead atoms. The van der Waals surface area contributed by atoms with Crippen molar-refractivity contribution < 1.29 is 9.18 Å². The predicted molar refractivity (Wildman–Crippen MR) is 84.0 cm³/mol. The van der Waals surface area contributed by atoms with Crippen LogP contribution < -0.4 is 5.32 Å². The number of likely N-dealkylation sites (tertiary alicyclic amines) is 1. The number of benzene rings is 2. The lowest BCUT2D eigenvalue weighted by Crippen LogP contribution is -2.37. The van der Waals surface area contributed by atoms with Crippen LogP contribution in [-0.2, 0) is 6.54 Å². The van der Waals surface area contributed by atoms with Crippen molar-refractivity contribution in [3.8, 4) is 0 Å². The molecule has 2 aromatic carbocycles. The Morgan fingerprint density at radius 2 is 1.86 bits per heavy atom. The van der Waals surface area contributed by atoms with Crippen LogP contribution in [0.2, 0.25) is 0 Å². The highest BCUT2D eigenvalue weighted by atomic mass is 19.1. The number of urea groups is 1. The van der Waals surface area contributed by atoms with Crippen LogP contribution in [0.5, 0.6) is 0 Å². The summed E-state index contributed by atoms with van der Waals surface area (Å²) in [5.41, 5.74) is 2.19. The number of hydrogen-bond acceptors (Lipinski definition) is 1. The average Bonchev–Trinajstić information content (AvgIpc) is 3.05. The number of carbonyl (C=O) groups excluding carboxylic acids is 1. The molecule has 4 heteroatoms. The fourth-order valence-electron chi connectivity index (χ4n) is 2.83. The van der Waals surface area contributed by atoms with Gasteiger partial charge in [-0.15, -0.1) is 0 Å². The first-order valence-electron chi connectivity index (χ1n) is 7.54. The minimum atomic E-state index is -0.264. The summed E-state index contributed by atoms with van der Waals surface area (Å²) in [6.07, 6.45) is 0.994. The van der Waals surface area contributed by atoms with Gasteiger partial charge in [0.1, 0.15) is 5.82 Å². The Hall–Kier alpha value is -2.36. The molecule has 3 nitrogen and oxygen atoms in total. The zero-order chi connectivity index (χ0) is 15.4. The molecule has 0 radical (unpaired) electrons. The van der Waals surface area contributed by atoms with Gasteiger partial charge in [-0.25, -0.2) is 9.18 Å². The van der Waals surface area contributed by atoms with Crippen LogP contribution in [0, 0.1) is 5.82 Å². The molecule has 3 rings (SSSR count). The Labute approximate surface area is 129 Å². The van der Waals surface area contributed by atoms with E-state index in [1.165, 1.54) is 17.7 Å². The molecule has 1 heterocycles. The number of halogens is 1. The SMILES string of the molecule is O=C(NCc1ccc(F)cc1)N1CCC(c2ccccc2)C1. The Bertz CT molecular complexity index is 627. The molecular weight excluding hydrogens is 279 g/mol. The van der Waals surface area contributed by atoms with Gasteiger partial charge in [-0.3, -0.25) is 0 Å². The number of carbonyl (C=O) groups is 1. The van der Waals surface area contributed by atoms with E-state index in [-0.39, 0.29) is 11.8 Å². The highest BCUT2D eigenvalue weighted by molar-refractivity contribution is 5.74. The lowest BCUT2D eigenvalue weighted by molar-refractivity contribution is 0.208. The van der Waals surface area contributed by atoms with Crippen molar-refractivity contribution in [1.82, 2.24) is 10.2 Å². The molecular formula is C18H19FN2O. The van der Waals surface area contributed by atoms with E-state index in [9.17, 15) is 9.18 Å². The van der Waals surface area contributed by atoms with E-state index in [2.05, 4.69) is 17.4 Å². The highest BCUT2D eigenvalue weighted by Gasteiger charge is 2.26. The second kappa shape index (κ2) is 6.60. The molecule has 1 N–H and O–H groups in total. The van der Waals surface area contributed by atoms with E-state index < -0.39 is 0 Å². The molecule has 2 amide bonds. The van der Waals surface area contributed by atoms with Crippen molar-refractivity contribution in [2.75, 3.05) is 13.1 Å². The molecule has 1 fully saturated rings. The molecule has 22 heavy (non-hydrogen) atoms. The largest absolute Gasteiger partial charge is 0.334 e. The monoisotopic (exact) mass is 298 g/mol. The van der Waals surface area contributed by atoms with Crippen molar-refractivity contribution in [3.63, 3.8) is 0 Å². The lowest BCUT2D eigenvalue weighted by atomic mass is 9.99. The summed E-state index contributed by atoms with van der Waals surface area (Å²) < 4.78 is 12.8. The average molecular weight is 298 g/mol. The molecule has 2 aromatic rings. The van der Waals surface area contributed by atoms with Gasteiger partial charge in [0.25, 0.3) is 0 Å². The minimum absolute atomic E-state index is 0.0530. The fourth-order valence-corrected chi connectivity index (χ4v) is 2.83. The summed E-state index contributed by atoms with van der Waals surface area (Å²) in [6, 6.07) is 16.4. The molecule has 1 atom stereocenters. The van der Waals surface area contributed by atoms with Crippen molar-refractivity contribution >= 4 is 6.03 Å². The zero-order valence-corrected chi connectivity index (χ0v) is 12.3. The molecule has 0 aliphatic carbocycles.